The Hall–Kier alpha value is 0.310. The summed E-state index contributed by atoms with van der Waals surface area (Å²) in [6.45, 7) is 4.98. The fourth-order valence-electron chi connectivity index (χ4n) is 1.33. The third kappa shape index (κ3) is 2.18. The zero-order valence-corrected chi connectivity index (χ0v) is 7.08. The topological polar surface area (TPSA) is 3.24 Å². The lowest BCUT2D eigenvalue weighted by atomic mass is 10.2. The minimum atomic E-state index is 0.942. The first-order chi connectivity index (χ1) is 4.33. The molecule has 1 aliphatic heterocycles. The van der Waals surface area contributed by atoms with Crippen LogP contribution in [0.2, 0.25) is 0 Å². The molecule has 1 heterocycles. The van der Waals surface area contributed by atoms with Crippen molar-refractivity contribution in [2.24, 2.45) is 5.92 Å². The van der Waals surface area contributed by atoms with E-state index in [1.807, 2.05) is 11.8 Å². The van der Waals surface area contributed by atoms with E-state index in [4.69, 9.17) is 0 Å². The lowest BCUT2D eigenvalue weighted by Gasteiger charge is -2.11. The van der Waals surface area contributed by atoms with E-state index in [2.05, 4.69) is 18.1 Å². The Morgan fingerprint density at radius 1 is 1.67 bits per heavy atom. The lowest BCUT2D eigenvalue weighted by Crippen LogP contribution is -2.18. The molecular formula is C7H15NS. The van der Waals surface area contributed by atoms with Gasteiger partial charge >= 0.3 is 0 Å². The first-order valence-corrected chi connectivity index (χ1v) is 4.93. The third-order valence-corrected chi connectivity index (χ3v) is 2.44. The van der Waals surface area contributed by atoms with Crippen molar-refractivity contribution in [3.05, 3.63) is 0 Å². The van der Waals surface area contributed by atoms with Gasteiger partial charge in [-0.2, -0.15) is 0 Å². The highest BCUT2D eigenvalue weighted by Crippen LogP contribution is 2.16. The van der Waals surface area contributed by atoms with Gasteiger partial charge in [0.05, 0.1) is 0 Å². The molecule has 0 aromatic rings. The average molecular weight is 145 g/mol. The summed E-state index contributed by atoms with van der Waals surface area (Å²) in [4.78, 5) is 2.52. The number of thioether (sulfide) groups is 1. The molecule has 1 nitrogen and oxygen atoms in total. The molecule has 1 aliphatic rings. The fraction of sp³-hybridized carbons (Fsp3) is 1.00. The Balaban J connectivity index is 2.14. The quantitative estimate of drug-likeness (QED) is 0.581. The van der Waals surface area contributed by atoms with Crippen molar-refractivity contribution in [1.82, 2.24) is 4.90 Å². The van der Waals surface area contributed by atoms with E-state index in [1.54, 1.807) is 0 Å². The van der Waals surface area contributed by atoms with E-state index in [1.165, 1.54) is 25.4 Å². The van der Waals surface area contributed by atoms with Gasteiger partial charge in [0.2, 0.25) is 0 Å². The lowest BCUT2D eigenvalue weighted by molar-refractivity contribution is 0.386. The van der Waals surface area contributed by atoms with Gasteiger partial charge in [-0.1, -0.05) is 6.92 Å². The normalized spacial score (nSPS) is 29.3. The molecule has 0 amide bonds. The molecule has 0 aromatic heterocycles. The van der Waals surface area contributed by atoms with Crippen LogP contribution in [0.15, 0.2) is 0 Å². The molecule has 2 heteroatoms. The maximum absolute atomic E-state index is 2.52. The Bertz CT molecular complexity index is 83.0. The van der Waals surface area contributed by atoms with Gasteiger partial charge in [0.1, 0.15) is 0 Å². The highest BCUT2D eigenvalue weighted by Gasteiger charge is 2.16. The Kier molecular flexibility index (Phi) is 2.86. The fourth-order valence-corrected chi connectivity index (χ4v) is 1.93. The highest BCUT2D eigenvalue weighted by molar-refractivity contribution is 7.98. The maximum atomic E-state index is 2.52. The molecule has 1 saturated heterocycles. The van der Waals surface area contributed by atoms with E-state index >= 15 is 0 Å². The number of hydrogen-bond donors (Lipinski definition) is 0. The van der Waals surface area contributed by atoms with Gasteiger partial charge < -0.3 is 0 Å². The zero-order valence-electron chi connectivity index (χ0n) is 6.26. The van der Waals surface area contributed by atoms with Crippen LogP contribution in [-0.2, 0) is 0 Å². The van der Waals surface area contributed by atoms with Crippen LogP contribution in [-0.4, -0.2) is 30.1 Å². The standard InChI is InChI=1S/C7H15NS/c1-7-3-4-8(5-7)6-9-2/h7H,3-6H2,1-2H3. The molecule has 1 unspecified atom stereocenters. The van der Waals surface area contributed by atoms with Gasteiger partial charge in [-0.05, 0) is 25.1 Å². The van der Waals surface area contributed by atoms with Crippen molar-refractivity contribution in [2.45, 2.75) is 13.3 Å². The Morgan fingerprint density at radius 3 is 2.89 bits per heavy atom. The molecule has 0 bridgehead atoms. The Labute approximate surface area is 61.8 Å². The van der Waals surface area contributed by atoms with Crippen LogP contribution in [0.3, 0.4) is 0 Å². The zero-order chi connectivity index (χ0) is 6.69. The monoisotopic (exact) mass is 145 g/mol. The molecule has 0 radical (unpaired) electrons. The smallest absolute Gasteiger partial charge is 0.0441 e. The summed E-state index contributed by atoms with van der Waals surface area (Å²) in [5.41, 5.74) is 0. The summed E-state index contributed by atoms with van der Waals surface area (Å²) >= 11 is 1.93. The second kappa shape index (κ2) is 3.47. The molecule has 0 aliphatic carbocycles. The first-order valence-electron chi connectivity index (χ1n) is 3.54. The second-order valence-electron chi connectivity index (χ2n) is 2.89. The van der Waals surface area contributed by atoms with E-state index in [9.17, 15) is 0 Å². The van der Waals surface area contributed by atoms with Crippen molar-refractivity contribution in [1.29, 1.82) is 0 Å². The van der Waals surface area contributed by atoms with E-state index in [0.717, 1.165) is 5.92 Å². The van der Waals surface area contributed by atoms with Crippen molar-refractivity contribution in [2.75, 3.05) is 25.2 Å². The maximum Gasteiger partial charge on any atom is 0.0441 e. The summed E-state index contributed by atoms with van der Waals surface area (Å²) in [6.07, 6.45) is 3.57. The molecule has 54 valence electrons. The number of likely N-dealkylation sites (tertiary alicyclic amines) is 1. The van der Waals surface area contributed by atoms with Crippen LogP contribution >= 0.6 is 11.8 Å². The van der Waals surface area contributed by atoms with Gasteiger partial charge in [-0.25, -0.2) is 0 Å². The Morgan fingerprint density at radius 2 is 2.44 bits per heavy atom. The summed E-state index contributed by atoms with van der Waals surface area (Å²) in [6, 6.07) is 0. The van der Waals surface area contributed by atoms with Crippen LogP contribution in [0.25, 0.3) is 0 Å². The van der Waals surface area contributed by atoms with Crippen LogP contribution in [0.5, 0.6) is 0 Å². The summed E-state index contributed by atoms with van der Waals surface area (Å²) in [5.74, 6) is 2.17. The van der Waals surface area contributed by atoms with E-state index < -0.39 is 0 Å². The summed E-state index contributed by atoms with van der Waals surface area (Å²) < 4.78 is 0. The van der Waals surface area contributed by atoms with Crippen LogP contribution in [0, 0.1) is 5.92 Å². The second-order valence-corrected chi connectivity index (χ2v) is 3.72. The molecular weight excluding hydrogens is 130 g/mol. The molecule has 0 aromatic carbocycles. The van der Waals surface area contributed by atoms with Crippen molar-refractivity contribution in [3.8, 4) is 0 Å². The van der Waals surface area contributed by atoms with E-state index in [-0.39, 0.29) is 0 Å². The number of nitrogens with zero attached hydrogens (tertiary/aromatic N) is 1. The van der Waals surface area contributed by atoms with Gasteiger partial charge in [-0.3, -0.25) is 4.90 Å². The predicted octanol–water partition coefficient (Wildman–Crippen LogP) is 1.65. The number of hydrogen-bond acceptors (Lipinski definition) is 2. The third-order valence-electron chi connectivity index (χ3n) is 1.82. The van der Waals surface area contributed by atoms with Crippen LogP contribution in [0.4, 0.5) is 0 Å². The molecule has 1 fully saturated rings. The molecule has 9 heavy (non-hydrogen) atoms. The van der Waals surface area contributed by atoms with Crippen molar-refractivity contribution >= 4 is 11.8 Å². The number of rotatable bonds is 2. The van der Waals surface area contributed by atoms with Crippen LogP contribution in [0.1, 0.15) is 13.3 Å². The van der Waals surface area contributed by atoms with Gasteiger partial charge in [-0.15, -0.1) is 11.8 Å². The van der Waals surface area contributed by atoms with Crippen LogP contribution < -0.4 is 0 Å². The molecule has 1 rings (SSSR count). The van der Waals surface area contributed by atoms with Gasteiger partial charge in [0, 0.05) is 12.4 Å². The highest BCUT2D eigenvalue weighted by atomic mass is 32.2. The van der Waals surface area contributed by atoms with Crippen molar-refractivity contribution < 1.29 is 0 Å². The van der Waals surface area contributed by atoms with Crippen molar-refractivity contribution in [3.63, 3.8) is 0 Å². The predicted molar refractivity (Wildman–Crippen MR) is 43.7 cm³/mol. The van der Waals surface area contributed by atoms with E-state index in [0.29, 0.717) is 0 Å². The molecule has 0 saturated carbocycles. The van der Waals surface area contributed by atoms with Gasteiger partial charge in [0.25, 0.3) is 0 Å². The minimum Gasteiger partial charge on any atom is -0.294 e. The SMILES string of the molecule is CSCN1CCC(C)C1. The van der Waals surface area contributed by atoms with Gasteiger partial charge in [0.15, 0.2) is 0 Å². The summed E-state index contributed by atoms with van der Waals surface area (Å²) in [7, 11) is 0. The largest absolute Gasteiger partial charge is 0.294 e. The first kappa shape index (κ1) is 7.42. The molecule has 0 N–H and O–H groups in total. The summed E-state index contributed by atoms with van der Waals surface area (Å²) in [5, 5.41) is 0. The minimum absolute atomic E-state index is 0.942. The molecule has 0 spiro atoms. The average Bonchev–Trinajstić information content (AvgIpc) is 2.17. The molecule has 1 atom stereocenters.